The molecule has 4 heteroatoms. The average molecular weight is 178 g/mol. The van der Waals surface area contributed by atoms with Gasteiger partial charge in [-0.1, -0.05) is 11.6 Å². The first-order valence-electron chi connectivity index (χ1n) is 3.12. The van der Waals surface area contributed by atoms with E-state index in [2.05, 4.69) is 5.32 Å². The van der Waals surface area contributed by atoms with E-state index in [9.17, 15) is 0 Å². The molecule has 1 rings (SSSR count). The third-order valence-electron chi connectivity index (χ3n) is 1.29. The minimum absolute atomic E-state index is 0.404. The number of anilines is 1. The van der Waals surface area contributed by atoms with Crippen LogP contribution in [-0.2, 0) is 0 Å². The first-order chi connectivity index (χ1) is 5.77. The van der Waals surface area contributed by atoms with E-state index in [1.54, 1.807) is 18.3 Å². The number of rotatable bonds is 1. The van der Waals surface area contributed by atoms with Gasteiger partial charge in [0.2, 0.25) is 0 Å². The molecule has 0 spiro atoms. The van der Waals surface area contributed by atoms with Gasteiger partial charge >= 0.3 is 0 Å². The van der Waals surface area contributed by atoms with Gasteiger partial charge in [0.15, 0.2) is 6.19 Å². The predicted molar refractivity (Wildman–Crippen MR) is 45.4 cm³/mol. The van der Waals surface area contributed by atoms with Gasteiger partial charge in [-0.3, -0.25) is 5.32 Å². The van der Waals surface area contributed by atoms with E-state index in [-0.39, 0.29) is 0 Å². The van der Waals surface area contributed by atoms with Crippen LogP contribution in [0.15, 0.2) is 18.2 Å². The molecule has 0 heterocycles. The number of nitrogens with one attached hydrogen (secondary N) is 1. The van der Waals surface area contributed by atoms with Crippen molar-refractivity contribution in [3.63, 3.8) is 0 Å². The second-order valence-corrected chi connectivity index (χ2v) is 2.47. The van der Waals surface area contributed by atoms with Crippen molar-refractivity contribution in [2.24, 2.45) is 0 Å². The highest BCUT2D eigenvalue weighted by Crippen LogP contribution is 2.19. The predicted octanol–water partition coefficient (Wildman–Crippen LogP) is 2.10. The van der Waals surface area contributed by atoms with Crippen LogP contribution in [0.5, 0.6) is 0 Å². The fraction of sp³-hybridized carbons (Fsp3) is 0. The Hall–Kier alpha value is -1.71. The summed E-state index contributed by atoms with van der Waals surface area (Å²) in [4.78, 5) is 0. The van der Waals surface area contributed by atoms with Crippen molar-refractivity contribution in [3.05, 3.63) is 28.8 Å². The molecule has 1 aromatic carbocycles. The van der Waals surface area contributed by atoms with Crippen LogP contribution in [0.25, 0.3) is 0 Å². The van der Waals surface area contributed by atoms with Gasteiger partial charge in [-0.2, -0.15) is 10.5 Å². The van der Waals surface area contributed by atoms with Crippen LogP contribution < -0.4 is 5.32 Å². The summed E-state index contributed by atoms with van der Waals surface area (Å²) in [5, 5.41) is 19.8. The summed E-state index contributed by atoms with van der Waals surface area (Å²) >= 11 is 5.65. The quantitative estimate of drug-likeness (QED) is 0.528. The lowest BCUT2D eigenvalue weighted by atomic mass is 10.2. The van der Waals surface area contributed by atoms with Gasteiger partial charge in [-0.15, -0.1) is 0 Å². The highest BCUT2D eigenvalue weighted by molar-refractivity contribution is 6.30. The molecule has 0 aromatic heterocycles. The van der Waals surface area contributed by atoms with Gasteiger partial charge in [0.05, 0.1) is 11.3 Å². The molecular weight excluding hydrogens is 174 g/mol. The molecule has 0 aliphatic rings. The molecule has 0 radical (unpaired) electrons. The number of benzene rings is 1. The minimum atomic E-state index is 0.404. The smallest absolute Gasteiger partial charge is 0.181 e. The van der Waals surface area contributed by atoms with E-state index in [1.807, 2.05) is 6.07 Å². The second kappa shape index (κ2) is 3.61. The fourth-order valence-electron chi connectivity index (χ4n) is 0.778. The number of halogens is 1. The Morgan fingerprint density at radius 3 is 2.67 bits per heavy atom. The molecule has 12 heavy (non-hydrogen) atoms. The van der Waals surface area contributed by atoms with Crippen LogP contribution in [-0.4, -0.2) is 0 Å². The van der Waals surface area contributed by atoms with E-state index in [0.717, 1.165) is 0 Å². The Kier molecular flexibility index (Phi) is 2.53. The molecule has 1 aromatic rings. The van der Waals surface area contributed by atoms with E-state index in [0.29, 0.717) is 16.3 Å². The molecule has 1 N–H and O–H groups in total. The third kappa shape index (κ3) is 1.66. The maximum absolute atomic E-state index is 8.59. The summed E-state index contributed by atoms with van der Waals surface area (Å²) in [6, 6.07) is 6.62. The number of hydrogen-bond acceptors (Lipinski definition) is 3. The van der Waals surface area contributed by atoms with Gasteiger partial charge in [0.1, 0.15) is 6.07 Å². The van der Waals surface area contributed by atoms with Crippen molar-refractivity contribution in [2.45, 2.75) is 0 Å². The van der Waals surface area contributed by atoms with E-state index < -0.39 is 0 Å². The van der Waals surface area contributed by atoms with Gasteiger partial charge in [-0.05, 0) is 18.2 Å². The van der Waals surface area contributed by atoms with E-state index in [1.165, 1.54) is 6.07 Å². The van der Waals surface area contributed by atoms with Crippen molar-refractivity contribution in [3.8, 4) is 12.3 Å². The molecule has 0 fully saturated rings. The average Bonchev–Trinajstić information content (AvgIpc) is 2.05. The van der Waals surface area contributed by atoms with Gasteiger partial charge in [0.25, 0.3) is 0 Å². The van der Waals surface area contributed by atoms with Crippen molar-refractivity contribution in [1.29, 1.82) is 10.5 Å². The Bertz CT molecular complexity index is 373. The third-order valence-corrected chi connectivity index (χ3v) is 1.53. The van der Waals surface area contributed by atoms with Gasteiger partial charge < -0.3 is 0 Å². The SMILES string of the molecule is N#CNc1cc(Cl)ccc1C#N. The van der Waals surface area contributed by atoms with Crippen molar-refractivity contribution in [2.75, 3.05) is 5.32 Å². The summed E-state index contributed by atoms with van der Waals surface area (Å²) < 4.78 is 0. The van der Waals surface area contributed by atoms with E-state index >= 15 is 0 Å². The molecule has 0 saturated carbocycles. The summed E-state index contributed by atoms with van der Waals surface area (Å²) in [6.07, 6.45) is 1.73. The summed E-state index contributed by atoms with van der Waals surface area (Å²) in [7, 11) is 0. The number of hydrogen-bond donors (Lipinski definition) is 1. The molecular formula is C8H4ClN3. The highest BCUT2D eigenvalue weighted by atomic mass is 35.5. The Balaban J connectivity index is 3.16. The van der Waals surface area contributed by atoms with Crippen LogP contribution >= 0.6 is 11.6 Å². The van der Waals surface area contributed by atoms with E-state index in [4.69, 9.17) is 22.1 Å². The lowest BCUT2D eigenvalue weighted by Crippen LogP contribution is -1.90. The number of nitriles is 2. The Labute approximate surface area is 74.8 Å². The summed E-state index contributed by atoms with van der Waals surface area (Å²) in [5.74, 6) is 0. The number of nitrogens with zero attached hydrogens (tertiary/aromatic N) is 2. The molecule has 3 nitrogen and oxygen atoms in total. The zero-order valence-corrected chi connectivity index (χ0v) is 6.76. The topological polar surface area (TPSA) is 59.6 Å². The Morgan fingerprint density at radius 1 is 1.33 bits per heavy atom. The van der Waals surface area contributed by atoms with Crippen LogP contribution in [0.4, 0.5) is 5.69 Å². The molecule has 0 unspecified atom stereocenters. The van der Waals surface area contributed by atoms with Gasteiger partial charge in [0, 0.05) is 5.02 Å². The van der Waals surface area contributed by atoms with Crippen molar-refractivity contribution >= 4 is 17.3 Å². The Morgan fingerprint density at radius 2 is 2.08 bits per heavy atom. The molecule has 0 aliphatic heterocycles. The maximum Gasteiger partial charge on any atom is 0.181 e. The molecule has 0 aliphatic carbocycles. The first-order valence-corrected chi connectivity index (χ1v) is 3.50. The summed E-state index contributed by atoms with van der Waals surface area (Å²) in [6.45, 7) is 0. The van der Waals surface area contributed by atoms with Gasteiger partial charge in [-0.25, -0.2) is 0 Å². The molecule has 0 bridgehead atoms. The summed E-state index contributed by atoms with van der Waals surface area (Å²) in [5.41, 5.74) is 0.841. The normalized spacial score (nSPS) is 8.25. The molecule has 0 saturated heterocycles. The van der Waals surface area contributed by atoms with Crippen molar-refractivity contribution in [1.82, 2.24) is 0 Å². The molecule has 0 atom stereocenters. The monoisotopic (exact) mass is 177 g/mol. The largest absolute Gasteiger partial charge is 0.291 e. The lowest BCUT2D eigenvalue weighted by molar-refractivity contribution is 1.44. The first kappa shape index (κ1) is 8.39. The second-order valence-electron chi connectivity index (χ2n) is 2.04. The minimum Gasteiger partial charge on any atom is -0.291 e. The van der Waals surface area contributed by atoms with Crippen LogP contribution in [0.2, 0.25) is 5.02 Å². The fourth-order valence-corrected chi connectivity index (χ4v) is 0.950. The zero-order chi connectivity index (χ0) is 8.97. The van der Waals surface area contributed by atoms with Crippen LogP contribution in [0, 0.1) is 22.8 Å². The van der Waals surface area contributed by atoms with Crippen LogP contribution in [0.3, 0.4) is 0 Å². The molecule has 58 valence electrons. The molecule has 0 amide bonds. The maximum atomic E-state index is 8.59. The standard InChI is InChI=1S/C8H4ClN3/c9-7-2-1-6(4-10)8(3-7)12-5-11/h1-3,12H. The highest BCUT2D eigenvalue weighted by Gasteiger charge is 2.00. The van der Waals surface area contributed by atoms with Crippen molar-refractivity contribution < 1.29 is 0 Å². The lowest BCUT2D eigenvalue weighted by Gasteiger charge is -1.99. The zero-order valence-electron chi connectivity index (χ0n) is 6.00. The van der Waals surface area contributed by atoms with Crippen LogP contribution in [0.1, 0.15) is 5.56 Å².